The van der Waals surface area contributed by atoms with E-state index in [1.54, 1.807) is 4.90 Å². The molecule has 0 radical (unpaired) electrons. The Morgan fingerprint density at radius 2 is 1.85 bits per heavy atom. The van der Waals surface area contributed by atoms with Crippen LogP contribution in [-0.2, 0) is 4.57 Å². The smallest absolute Gasteiger partial charge is 0.466 e. The SMILES string of the molecule is N[C@@H]1CN(c2c(F)cc3c(=O)c(C(=O)O)cn([C@@H]4C[C@@H]4F)c3c2Cl)CC12CC2.O.O=P(O)(O)O. The number of aromatic nitrogens is 1. The summed E-state index contributed by atoms with van der Waals surface area (Å²) in [6, 6.07) is 0.308. The first-order chi connectivity index (χ1) is 15.2. The Bertz CT molecular complexity index is 1260. The molecular formula is C19H23ClF2N3O8P. The minimum atomic E-state index is -4.64. The van der Waals surface area contributed by atoms with Crippen molar-refractivity contribution in [3.05, 3.63) is 38.9 Å². The summed E-state index contributed by atoms with van der Waals surface area (Å²) in [7, 11) is -4.64. The van der Waals surface area contributed by atoms with Gasteiger partial charge < -0.3 is 40.5 Å². The average Bonchev–Trinajstić information content (AvgIpc) is 3.56. The van der Waals surface area contributed by atoms with E-state index >= 15 is 4.39 Å². The first kappa shape index (κ1) is 26.5. The van der Waals surface area contributed by atoms with Gasteiger partial charge in [0.05, 0.1) is 27.7 Å². The fraction of sp³-hybridized carbons (Fsp3) is 0.474. The number of hydrogen-bond donors (Lipinski definition) is 5. The first-order valence-corrected chi connectivity index (χ1v) is 11.9. The zero-order valence-corrected chi connectivity index (χ0v) is 19.1. The lowest BCUT2D eigenvalue weighted by atomic mass is 10.0. The van der Waals surface area contributed by atoms with E-state index in [1.807, 2.05) is 0 Å². The number of hydrogen-bond acceptors (Lipinski definition) is 5. The second-order valence-electron chi connectivity index (χ2n) is 8.68. The molecule has 2 heterocycles. The third kappa shape index (κ3) is 4.82. The van der Waals surface area contributed by atoms with Crippen LogP contribution < -0.4 is 16.1 Å². The molecule has 0 bridgehead atoms. The Hall–Kier alpha value is -2.12. The van der Waals surface area contributed by atoms with Gasteiger partial charge in [0.1, 0.15) is 17.6 Å². The first-order valence-electron chi connectivity index (χ1n) is 9.96. The minimum absolute atomic E-state index is 0. The molecule has 0 unspecified atom stereocenters. The van der Waals surface area contributed by atoms with Crippen LogP contribution in [-0.4, -0.2) is 61.1 Å². The molecule has 0 amide bonds. The third-order valence-electron chi connectivity index (χ3n) is 6.37. The number of aromatic carboxylic acids is 1. The van der Waals surface area contributed by atoms with Crippen molar-refractivity contribution >= 4 is 42.0 Å². The summed E-state index contributed by atoms with van der Waals surface area (Å²) in [4.78, 5) is 47.4. The minimum Gasteiger partial charge on any atom is -0.477 e. The topological polar surface area (TPSA) is 198 Å². The lowest BCUT2D eigenvalue weighted by Gasteiger charge is -2.23. The normalized spacial score (nSPS) is 24.4. The Balaban J connectivity index is 0.000000492. The lowest BCUT2D eigenvalue weighted by Crippen LogP contribution is -2.30. The number of nitrogens with zero attached hydrogens (tertiary/aromatic N) is 2. The van der Waals surface area contributed by atoms with Gasteiger partial charge in [0.25, 0.3) is 0 Å². The molecule has 5 rings (SSSR count). The Kier molecular flexibility index (Phi) is 6.88. The van der Waals surface area contributed by atoms with Crippen LogP contribution >= 0.6 is 19.4 Å². The molecule has 2 saturated carbocycles. The average molecular weight is 526 g/mol. The molecule has 3 aliphatic rings. The highest BCUT2D eigenvalue weighted by Gasteiger charge is 2.54. The monoisotopic (exact) mass is 525 g/mol. The van der Waals surface area contributed by atoms with Gasteiger partial charge in [-0.2, -0.15) is 0 Å². The number of fused-ring (bicyclic) bond motifs is 1. The van der Waals surface area contributed by atoms with E-state index in [-0.39, 0.29) is 45.0 Å². The maximum absolute atomic E-state index is 15.0. The van der Waals surface area contributed by atoms with Crippen molar-refractivity contribution in [2.75, 3.05) is 18.0 Å². The molecule has 11 nitrogen and oxygen atoms in total. The van der Waals surface area contributed by atoms with Gasteiger partial charge in [0.2, 0.25) is 5.43 Å². The number of anilines is 1. The Morgan fingerprint density at radius 3 is 2.29 bits per heavy atom. The van der Waals surface area contributed by atoms with Gasteiger partial charge in [-0.15, -0.1) is 0 Å². The van der Waals surface area contributed by atoms with E-state index in [0.717, 1.165) is 25.1 Å². The van der Waals surface area contributed by atoms with E-state index < -0.39 is 42.8 Å². The summed E-state index contributed by atoms with van der Waals surface area (Å²) in [6.45, 7) is 1.01. The van der Waals surface area contributed by atoms with Crippen LogP contribution in [0.4, 0.5) is 14.5 Å². The van der Waals surface area contributed by atoms with Gasteiger partial charge in [-0.05, 0) is 18.9 Å². The molecule has 1 aromatic carbocycles. The fourth-order valence-corrected chi connectivity index (χ4v) is 4.84. The van der Waals surface area contributed by atoms with E-state index in [9.17, 15) is 19.1 Å². The van der Waals surface area contributed by atoms with E-state index in [2.05, 4.69) is 0 Å². The number of halogens is 3. The molecule has 15 heteroatoms. The van der Waals surface area contributed by atoms with Gasteiger partial charge in [0.15, 0.2) is 0 Å². The number of benzene rings is 1. The van der Waals surface area contributed by atoms with Gasteiger partial charge in [-0.1, -0.05) is 11.6 Å². The van der Waals surface area contributed by atoms with Crippen molar-refractivity contribution in [1.29, 1.82) is 0 Å². The summed E-state index contributed by atoms with van der Waals surface area (Å²) >= 11 is 6.56. The molecule has 3 fully saturated rings. The Labute approximate surface area is 195 Å². The number of rotatable bonds is 3. The molecule has 3 atom stereocenters. The van der Waals surface area contributed by atoms with Gasteiger partial charge >= 0.3 is 13.8 Å². The van der Waals surface area contributed by atoms with Crippen LogP contribution in [0.5, 0.6) is 0 Å². The van der Waals surface area contributed by atoms with Crippen LogP contribution in [0, 0.1) is 11.2 Å². The fourth-order valence-electron chi connectivity index (χ4n) is 4.43. The summed E-state index contributed by atoms with van der Waals surface area (Å²) in [5.41, 5.74) is 5.15. The lowest BCUT2D eigenvalue weighted by molar-refractivity contribution is 0.0694. The standard InChI is InChI=1S/C19H18ClF2N3O3.H3O4P.H2O/c20-14-15-8(17(26)9(18(27)28)5-25(15)12-4-10(12)21)3-11(22)16(14)24-6-13(23)19(7-24)1-2-19;1-5(2,3)4;/h3,5,10,12-13H,1-2,4,6-7,23H2,(H,27,28);(H3,1,2,3,4);1H2/t10-,12+,13+;;/m0../s1. The molecule has 1 aromatic heterocycles. The molecule has 1 spiro atoms. The molecule has 2 aliphatic carbocycles. The highest BCUT2D eigenvalue weighted by Crippen LogP contribution is 2.54. The number of pyridine rings is 1. The zero-order valence-electron chi connectivity index (χ0n) is 17.5. The molecule has 188 valence electrons. The highest BCUT2D eigenvalue weighted by atomic mass is 35.5. The van der Waals surface area contributed by atoms with Crippen molar-refractivity contribution < 1.29 is 43.4 Å². The second-order valence-corrected chi connectivity index (χ2v) is 10.1. The highest BCUT2D eigenvalue weighted by molar-refractivity contribution is 7.45. The number of phosphoric acid groups is 1. The molecular weight excluding hydrogens is 503 g/mol. The molecule has 2 aromatic rings. The molecule has 34 heavy (non-hydrogen) atoms. The predicted molar refractivity (Wildman–Crippen MR) is 118 cm³/mol. The quantitative estimate of drug-likeness (QED) is 0.362. The van der Waals surface area contributed by atoms with Crippen LogP contribution in [0.2, 0.25) is 5.02 Å². The number of carboxylic acid groups (broad SMARTS) is 1. The summed E-state index contributed by atoms with van der Waals surface area (Å²) in [5.74, 6) is -2.15. The summed E-state index contributed by atoms with van der Waals surface area (Å²) < 4.78 is 39.1. The van der Waals surface area contributed by atoms with Crippen molar-refractivity contribution in [2.24, 2.45) is 11.1 Å². The van der Waals surface area contributed by atoms with Crippen molar-refractivity contribution in [1.82, 2.24) is 4.57 Å². The van der Waals surface area contributed by atoms with Crippen molar-refractivity contribution in [3.63, 3.8) is 0 Å². The van der Waals surface area contributed by atoms with E-state index in [4.69, 9.17) is 36.6 Å². The number of alkyl halides is 1. The molecule has 1 saturated heterocycles. The second kappa shape index (κ2) is 8.83. The largest absolute Gasteiger partial charge is 0.477 e. The molecule has 1 aliphatic heterocycles. The van der Waals surface area contributed by atoms with Gasteiger partial charge in [-0.3, -0.25) is 4.79 Å². The number of nitrogens with two attached hydrogens (primary N) is 1. The van der Waals surface area contributed by atoms with Crippen molar-refractivity contribution in [3.8, 4) is 0 Å². The van der Waals surface area contributed by atoms with E-state index in [1.165, 1.54) is 4.57 Å². The number of carbonyl (C=O) groups is 1. The summed E-state index contributed by atoms with van der Waals surface area (Å²) in [6.07, 6.45) is 2.11. The van der Waals surface area contributed by atoms with Crippen LogP contribution in [0.1, 0.15) is 35.7 Å². The molecule has 8 N–H and O–H groups in total. The maximum Gasteiger partial charge on any atom is 0.466 e. The maximum atomic E-state index is 15.0. The van der Waals surface area contributed by atoms with E-state index in [0.29, 0.717) is 13.1 Å². The number of carboxylic acids is 1. The zero-order chi connectivity index (χ0) is 24.5. The van der Waals surface area contributed by atoms with Crippen LogP contribution in [0.25, 0.3) is 10.9 Å². The predicted octanol–water partition coefficient (Wildman–Crippen LogP) is 0.949. The third-order valence-corrected chi connectivity index (χ3v) is 6.73. The van der Waals surface area contributed by atoms with Crippen LogP contribution in [0.3, 0.4) is 0 Å². The van der Waals surface area contributed by atoms with Gasteiger partial charge in [-0.25, -0.2) is 18.1 Å². The van der Waals surface area contributed by atoms with Gasteiger partial charge in [0, 0.05) is 37.2 Å². The summed E-state index contributed by atoms with van der Waals surface area (Å²) in [5, 5.41) is 9.16. The Morgan fingerprint density at radius 1 is 1.29 bits per heavy atom. The van der Waals surface area contributed by atoms with Crippen LogP contribution in [0.15, 0.2) is 17.1 Å². The van der Waals surface area contributed by atoms with Crippen molar-refractivity contribution in [2.45, 2.75) is 37.5 Å².